The second-order valence-corrected chi connectivity index (χ2v) is 12.0. The summed E-state index contributed by atoms with van der Waals surface area (Å²) in [6.45, 7) is 6.15. The zero-order valence-electron chi connectivity index (χ0n) is 22.0. The summed E-state index contributed by atoms with van der Waals surface area (Å²) in [4.78, 5) is 13.8. The van der Waals surface area contributed by atoms with Gasteiger partial charge < -0.3 is 23.8 Å². The number of hydrogen-bond acceptors (Lipinski definition) is 6. The smallest absolute Gasteiger partial charge is 0.410 e. The molecular formula is C26H35BrClF2N3O5. The van der Waals surface area contributed by atoms with Gasteiger partial charge in [0.2, 0.25) is 0 Å². The normalized spacial score (nSPS) is 21.2. The van der Waals surface area contributed by atoms with Gasteiger partial charge in [-0.3, -0.25) is 0 Å². The molecule has 0 bridgehead atoms. The third kappa shape index (κ3) is 7.56. The third-order valence-electron chi connectivity index (χ3n) is 6.46. The van der Waals surface area contributed by atoms with E-state index in [1.165, 1.54) is 4.90 Å². The van der Waals surface area contributed by atoms with Crippen LogP contribution < -0.4 is 0 Å². The Bertz CT molecular complexity index is 1120. The highest BCUT2D eigenvalue weighted by atomic mass is 79.9. The van der Waals surface area contributed by atoms with E-state index in [1.807, 2.05) is 4.68 Å². The van der Waals surface area contributed by atoms with Crippen molar-refractivity contribution in [3.63, 3.8) is 0 Å². The summed E-state index contributed by atoms with van der Waals surface area (Å²) in [5.74, 6) is -3.07. The Morgan fingerprint density at radius 3 is 2.76 bits per heavy atom. The molecule has 0 aliphatic carbocycles. The summed E-state index contributed by atoms with van der Waals surface area (Å²) in [5, 5.41) is 5.69. The Kier molecular flexibility index (Phi) is 9.55. The minimum atomic E-state index is -3.07. The first-order chi connectivity index (χ1) is 17.9. The predicted molar refractivity (Wildman–Crippen MR) is 143 cm³/mol. The van der Waals surface area contributed by atoms with Crippen LogP contribution >= 0.6 is 27.5 Å². The van der Waals surface area contributed by atoms with Crippen molar-refractivity contribution in [2.45, 2.75) is 76.7 Å². The molecule has 2 saturated heterocycles. The molecule has 1 aromatic heterocycles. The van der Waals surface area contributed by atoms with Crippen LogP contribution in [0.25, 0.3) is 10.9 Å². The van der Waals surface area contributed by atoms with Crippen molar-refractivity contribution < 1.29 is 32.5 Å². The van der Waals surface area contributed by atoms with Crippen LogP contribution in [-0.2, 0) is 25.4 Å². The molecule has 1 unspecified atom stereocenters. The molecule has 2 aliphatic rings. The van der Waals surface area contributed by atoms with Crippen LogP contribution in [0.5, 0.6) is 0 Å². The fraction of sp³-hybridized carbons (Fsp3) is 0.692. The lowest BCUT2D eigenvalue weighted by Gasteiger charge is -2.34. The summed E-state index contributed by atoms with van der Waals surface area (Å²) in [6.07, 6.45) is 3.19. The molecule has 2 aliphatic heterocycles. The summed E-state index contributed by atoms with van der Waals surface area (Å²) in [7, 11) is 0. The number of nitrogens with zero attached hydrogens (tertiary/aromatic N) is 3. The standard InChI is InChI=1S/C26H35BrClF2N3O5/c1-25(2,3)38-24(34)32-9-11-36-17(14-32)15-35-16-26(29,30)8-7-18-20(28)12-21-19(23(18)27)13-31-33(21)22-6-4-5-10-37-22/h12-13,17,22H,4-11,14-16H2,1-3H3/t17-,22?/m1/s1. The molecule has 0 radical (unpaired) electrons. The molecule has 212 valence electrons. The van der Waals surface area contributed by atoms with E-state index < -0.39 is 36.7 Å². The van der Waals surface area contributed by atoms with Crippen LogP contribution in [0.2, 0.25) is 5.02 Å². The maximum Gasteiger partial charge on any atom is 0.410 e. The lowest BCUT2D eigenvalue weighted by molar-refractivity contribution is -0.117. The molecule has 2 fully saturated rings. The predicted octanol–water partition coefficient (Wildman–Crippen LogP) is 6.37. The minimum Gasteiger partial charge on any atom is -0.444 e. The second-order valence-electron chi connectivity index (χ2n) is 10.8. The summed E-state index contributed by atoms with van der Waals surface area (Å²) >= 11 is 10.1. The molecule has 0 spiro atoms. The van der Waals surface area contributed by atoms with E-state index in [0.29, 0.717) is 34.8 Å². The highest BCUT2D eigenvalue weighted by molar-refractivity contribution is 9.10. The maximum atomic E-state index is 14.7. The summed E-state index contributed by atoms with van der Waals surface area (Å²) < 4.78 is 54.1. The van der Waals surface area contributed by atoms with E-state index in [0.717, 1.165) is 30.2 Å². The van der Waals surface area contributed by atoms with Crippen molar-refractivity contribution in [2.75, 3.05) is 39.5 Å². The fourth-order valence-corrected chi connectivity index (χ4v) is 5.69. The number of morpholine rings is 1. The first-order valence-corrected chi connectivity index (χ1v) is 14.1. The van der Waals surface area contributed by atoms with Crippen LogP contribution in [-0.4, -0.2) is 77.9 Å². The van der Waals surface area contributed by atoms with E-state index in [2.05, 4.69) is 21.0 Å². The van der Waals surface area contributed by atoms with Crippen LogP contribution in [0.1, 0.15) is 58.2 Å². The number of benzene rings is 1. The highest BCUT2D eigenvalue weighted by Crippen LogP contribution is 2.37. The number of rotatable bonds is 8. The lowest BCUT2D eigenvalue weighted by Crippen LogP contribution is -2.49. The number of ether oxygens (including phenoxy) is 4. The zero-order valence-corrected chi connectivity index (χ0v) is 24.3. The van der Waals surface area contributed by atoms with E-state index in [9.17, 15) is 13.6 Å². The number of alkyl halides is 2. The van der Waals surface area contributed by atoms with Gasteiger partial charge in [-0.15, -0.1) is 0 Å². The van der Waals surface area contributed by atoms with Gasteiger partial charge in [0, 0.05) is 34.5 Å². The van der Waals surface area contributed by atoms with Gasteiger partial charge in [0.25, 0.3) is 5.92 Å². The van der Waals surface area contributed by atoms with Crippen molar-refractivity contribution >= 4 is 44.5 Å². The van der Waals surface area contributed by atoms with Gasteiger partial charge in [0.05, 0.1) is 37.6 Å². The van der Waals surface area contributed by atoms with E-state index in [-0.39, 0.29) is 25.8 Å². The Hall–Kier alpha value is -1.53. The van der Waals surface area contributed by atoms with Crippen LogP contribution in [0, 0.1) is 0 Å². The molecule has 2 atom stereocenters. The van der Waals surface area contributed by atoms with Gasteiger partial charge in [0.1, 0.15) is 12.2 Å². The van der Waals surface area contributed by atoms with E-state index in [1.54, 1.807) is 33.0 Å². The Morgan fingerprint density at radius 1 is 1.26 bits per heavy atom. The van der Waals surface area contributed by atoms with Crippen molar-refractivity contribution in [3.05, 3.63) is 27.3 Å². The van der Waals surface area contributed by atoms with Gasteiger partial charge in [-0.25, -0.2) is 18.3 Å². The molecule has 38 heavy (non-hydrogen) atoms. The monoisotopic (exact) mass is 621 g/mol. The first kappa shape index (κ1) is 29.5. The Balaban J connectivity index is 1.30. The van der Waals surface area contributed by atoms with Crippen molar-refractivity contribution in [2.24, 2.45) is 0 Å². The summed E-state index contributed by atoms with van der Waals surface area (Å²) in [5.41, 5.74) is 0.794. The van der Waals surface area contributed by atoms with Gasteiger partial charge >= 0.3 is 6.09 Å². The molecule has 3 heterocycles. The number of carbonyl (C=O) groups is 1. The quantitative estimate of drug-likeness (QED) is 0.341. The number of halogens is 4. The Morgan fingerprint density at radius 2 is 2.05 bits per heavy atom. The van der Waals surface area contributed by atoms with Crippen molar-refractivity contribution in [3.8, 4) is 0 Å². The molecule has 1 amide bonds. The SMILES string of the molecule is CC(C)(C)OC(=O)N1CCO[C@@H](COCC(F)(F)CCc2c(Cl)cc3c(cnn3C3CCCCO3)c2Br)C1. The molecule has 8 nitrogen and oxygen atoms in total. The molecule has 2 aromatic rings. The number of hydrogen-bond donors (Lipinski definition) is 0. The van der Waals surface area contributed by atoms with Crippen LogP contribution in [0.15, 0.2) is 16.7 Å². The Labute approximate surface area is 235 Å². The molecular weight excluding hydrogens is 588 g/mol. The number of amides is 1. The molecule has 0 N–H and O–H groups in total. The van der Waals surface area contributed by atoms with Gasteiger partial charge in [-0.1, -0.05) is 11.6 Å². The van der Waals surface area contributed by atoms with Gasteiger partial charge in [-0.2, -0.15) is 5.10 Å². The maximum absolute atomic E-state index is 14.7. The fourth-order valence-electron chi connectivity index (χ4n) is 4.57. The van der Waals surface area contributed by atoms with Crippen LogP contribution in [0.4, 0.5) is 13.6 Å². The first-order valence-electron chi connectivity index (χ1n) is 12.9. The summed E-state index contributed by atoms with van der Waals surface area (Å²) in [6, 6.07) is 1.77. The second kappa shape index (κ2) is 12.3. The van der Waals surface area contributed by atoms with E-state index >= 15 is 0 Å². The number of carbonyl (C=O) groups excluding carboxylic acids is 1. The third-order valence-corrected chi connectivity index (χ3v) is 7.71. The van der Waals surface area contributed by atoms with Crippen LogP contribution in [0.3, 0.4) is 0 Å². The van der Waals surface area contributed by atoms with Gasteiger partial charge in [-0.05, 0) is 74.0 Å². The van der Waals surface area contributed by atoms with E-state index in [4.69, 9.17) is 30.5 Å². The van der Waals surface area contributed by atoms with Crippen molar-refractivity contribution in [1.29, 1.82) is 0 Å². The molecule has 12 heteroatoms. The molecule has 1 aromatic carbocycles. The molecule has 0 saturated carbocycles. The van der Waals surface area contributed by atoms with Crippen molar-refractivity contribution in [1.82, 2.24) is 14.7 Å². The average molecular weight is 623 g/mol. The highest BCUT2D eigenvalue weighted by Gasteiger charge is 2.32. The minimum absolute atomic E-state index is 0.0479. The zero-order chi connectivity index (χ0) is 27.5. The average Bonchev–Trinajstić information content (AvgIpc) is 3.27. The largest absolute Gasteiger partial charge is 0.444 e. The lowest BCUT2D eigenvalue weighted by atomic mass is 10.0. The topological polar surface area (TPSA) is 75.0 Å². The van der Waals surface area contributed by atoms with Gasteiger partial charge in [0.15, 0.2) is 6.23 Å². The molecule has 4 rings (SSSR count). The number of aromatic nitrogens is 2. The number of fused-ring (bicyclic) bond motifs is 1.